The molecule has 1 saturated heterocycles. The second kappa shape index (κ2) is 7.01. The summed E-state index contributed by atoms with van der Waals surface area (Å²) in [6.07, 6.45) is 7.43. The summed E-state index contributed by atoms with van der Waals surface area (Å²) >= 11 is 0. The summed E-state index contributed by atoms with van der Waals surface area (Å²) in [5, 5.41) is 9.93. The van der Waals surface area contributed by atoms with Crippen LogP contribution in [0.1, 0.15) is 23.2 Å². The topological polar surface area (TPSA) is 112 Å². The van der Waals surface area contributed by atoms with Crippen molar-refractivity contribution in [3.8, 4) is 5.75 Å². The lowest BCUT2D eigenvalue weighted by Gasteiger charge is -2.34. The Morgan fingerprint density at radius 3 is 2.96 bits per heavy atom. The molecule has 0 aromatic carbocycles. The maximum atomic E-state index is 12.6. The number of carbonyl (C=O) groups excluding carboxylic acids is 2. The van der Waals surface area contributed by atoms with Crippen molar-refractivity contribution in [2.24, 2.45) is 5.73 Å². The fraction of sp³-hybridized carbons (Fsp3) is 0.389. The molecule has 9 nitrogen and oxygen atoms in total. The highest BCUT2D eigenvalue weighted by molar-refractivity contribution is 5.95. The number of hydrogen-bond donors (Lipinski definition) is 2. The molecule has 1 fully saturated rings. The number of likely N-dealkylation sites (tertiary alicyclic amines) is 1. The van der Waals surface area contributed by atoms with Gasteiger partial charge in [-0.15, -0.1) is 0 Å². The third kappa shape index (κ3) is 3.15. The van der Waals surface area contributed by atoms with Gasteiger partial charge in [0.15, 0.2) is 11.6 Å². The quantitative estimate of drug-likeness (QED) is 0.719. The zero-order chi connectivity index (χ0) is 19.0. The van der Waals surface area contributed by atoms with E-state index in [9.17, 15) is 14.7 Å². The fourth-order valence-corrected chi connectivity index (χ4v) is 3.48. The van der Waals surface area contributed by atoms with Gasteiger partial charge in [0.05, 0.1) is 12.1 Å². The van der Waals surface area contributed by atoms with E-state index in [-0.39, 0.29) is 5.91 Å². The first-order valence-electron chi connectivity index (χ1n) is 8.86. The number of aromatic nitrogens is 1. The van der Waals surface area contributed by atoms with Gasteiger partial charge in [0.2, 0.25) is 6.41 Å². The second-order valence-corrected chi connectivity index (χ2v) is 6.62. The molecule has 0 aliphatic carbocycles. The first-order valence-corrected chi connectivity index (χ1v) is 8.86. The molecule has 27 heavy (non-hydrogen) atoms. The van der Waals surface area contributed by atoms with Gasteiger partial charge >= 0.3 is 0 Å². The summed E-state index contributed by atoms with van der Waals surface area (Å²) in [5.41, 5.74) is 7.16. The number of fused-ring (bicyclic) bond motifs is 1. The Hall–Kier alpha value is -2.91. The summed E-state index contributed by atoms with van der Waals surface area (Å²) in [6.45, 7) is 1.53. The Morgan fingerprint density at radius 1 is 1.41 bits per heavy atom. The van der Waals surface area contributed by atoms with E-state index in [1.165, 1.54) is 16.0 Å². The molecular weight excluding hydrogens is 350 g/mol. The Bertz CT molecular complexity index is 824. The summed E-state index contributed by atoms with van der Waals surface area (Å²) in [6, 6.07) is 1.66. The molecule has 0 radical (unpaired) electrons. The van der Waals surface area contributed by atoms with Gasteiger partial charge in [-0.2, -0.15) is 0 Å². The van der Waals surface area contributed by atoms with Crippen LogP contribution < -0.4 is 15.4 Å². The summed E-state index contributed by atoms with van der Waals surface area (Å²) in [7, 11) is 0. The van der Waals surface area contributed by atoms with Gasteiger partial charge in [-0.05, 0) is 31.1 Å². The van der Waals surface area contributed by atoms with E-state index in [1.807, 2.05) is 4.90 Å². The van der Waals surface area contributed by atoms with Crippen LogP contribution >= 0.6 is 0 Å². The normalized spacial score (nSPS) is 24.4. The van der Waals surface area contributed by atoms with Crippen molar-refractivity contribution in [2.45, 2.75) is 25.2 Å². The van der Waals surface area contributed by atoms with Gasteiger partial charge in [-0.1, -0.05) is 0 Å². The molecule has 1 aromatic heterocycles. The smallest absolute Gasteiger partial charge is 0.257 e. The largest absolute Gasteiger partial charge is 0.488 e. The Labute approximate surface area is 156 Å². The third-order valence-corrected chi connectivity index (χ3v) is 4.93. The highest BCUT2D eigenvalue weighted by Crippen LogP contribution is 2.34. The maximum absolute atomic E-state index is 12.6. The molecule has 0 spiro atoms. The van der Waals surface area contributed by atoms with Crippen LogP contribution in [0, 0.1) is 0 Å². The molecule has 1 aromatic rings. The van der Waals surface area contributed by atoms with Crippen LogP contribution in [0.15, 0.2) is 36.3 Å². The zero-order valence-corrected chi connectivity index (χ0v) is 14.7. The number of hydrogen-bond acceptors (Lipinski definition) is 7. The van der Waals surface area contributed by atoms with E-state index < -0.39 is 12.4 Å². The van der Waals surface area contributed by atoms with Crippen molar-refractivity contribution in [2.75, 3.05) is 24.6 Å². The molecule has 4 heterocycles. The molecule has 0 bridgehead atoms. The monoisotopic (exact) mass is 371 g/mol. The predicted octanol–water partition coefficient (Wildman–Crippen LogP) is -0.0108. The molecule has 2 unspecified atom stereocenters. The van der Waals surface area contributed by atoms with Gasteiger partial charge in [-0.25, -0.2) is 4.98 Å². The number of ether oxygens (including phenoxy) is 1. The van der Waals surface area contributed by atoms with Crippen molar-refractivity contribution in [3.05, 3.63) is 41.9 Å². The van der Waals surface area contributed by atoms with Crippen LogP contribution in [0.5, 0.6) is 5.75 Å². The zero-order valence-electron chi connectivity index (χ0n) is 14.7. The summed E-state index contributed by atoms with van der Waals surface area (Å²) in [4.78, 5) is 32.8. The molecule has 2 amide bonds. The van der Waals surface area contributed by atoms with Crippen molar-refractivity contribution >= 4 is 18.1 Å². The number of nitrogens with zero attached hydrogens (tertiary/aromatic N) is 4. The number of rotatable bonds is 3. The van der Waals surface area contributed by atoms with Crippen LogP contribution in [0.4, 0.5) is 5.82 Å². The minimum absolute atomic E-state index is 0.253. The summed E-state index contributed by atoms with van der Waals surface area (Å²) in [5.74, 6) is 0.834. The second-order valence-electron chi connectivity index (χ2n) is 6.62. The summed E-state index contributed by atoms with van der Waals surface area (Å²) < 4.78 is 5.71. The SMILES string of the molecule is NC1C=C(N2CCOc3cc(C(=O)N4CCCC4O)cnc32)C=CN1C=O. The number of carbonyl (C=O) groups is 2. The average molecular weight is 371 g/mol. The number of amides is 2. The lowest BCUT2D eigenvalue weighted by Crippen LogP contribution is -2.41. The number of pyridine rings is 1. The van der Waals surface area contributed by atoms with Gasteiger partial charge in [0.25, 0.3) is 5.91 Å². The lowest BCUT2D eigenvalue weighted by atomic mass is 10.2. The number of allylic oxidation sites excluding steroid dienone is 1. The van der Waals surface area contributed by atoms with Crippen LogP contribution in [0.25, 0.3) is 0 Å². The minimum Gasteiger partial charge on any atom is -0.488 e. The molecule has 2 atom stereocenters. The first-order chi connectivity index (χ1) is 13.1. The molecule has 3 N–H and O–H groups in total. The minimum atomic E-state index is -0.745. The molecule has 4 rings (SSSR count). The average Bonchev–Trinajstić information content (AvgIpc) is 3.12. The van der Waals surface area contributed by atoms with E-state index in [0.29, 0.717) is 49.7 Å². The number of nitrogens with two attached hydrogens (primary N) is 1. The third-order valence-electron chi connectivity index (χ3n) is 4.93. The van der Waals surface area contributed by atoms with Gasteiger partial charge < -0.3 is 30.3 Å². The van der Waals surface area contributed by atoms with E-state index >= 15 is 0 Å². The highest BCUT2D eigenvalue weighted by atomic mass is 16.5. The van der Waals surface area contributed by atoms with Crippen molar-refractivity contribution < 1.29 is 19.4 Å². The first kappa shape index (κ1) is 17.5. The highest BCUT2D eigenvalue weighted by Gasteiger charge is 2.30. The molecular formula is C18H21N5O4. The molecule has 3 aliphatic rings. The Morgan fingerprint density at radius 2 is 2.26 bits per heavy atom. The van der Waals surface area contributed by atoms with Crippen molar-refractivity contribution in [1.82, 2.24) is 14.8 Å². The van der Waals surface area contributed by atoms with Crippen molar-refractivity contribution in [3.63, 3.8) is 0 Å². The van der Waals surface area contributed by atoms with Crippen LogP contribution in [0.2, 0.25) is 0 Å². The van der Waals surface area contributed by atoms with Crippen LogP contribution in [0.3, 0.4) is 0 Å². The van der Waals surface area contributed by atoms with Crippen LogP contribution in [-0.2, 0) is 4.79 Å². The van der Waals surface area contributed by atoms with Gasteiger partial charge in [0.1, 0.15) is 19.0 Å². The molecule has 142 valence electrons. The fourth-order valence-electron chi connectivity index (χ4n) is 3.48. The lowest BCUT2D eigenvalue weighted by molar-refractivity contribution is -0.116. The molecule has 3 aliphatic heterocycles. The number of anilines is 1. The Balaban J connectivity index is 1.60. The number of aliphatic hydroxyl groups excluding tert-OH is 1. The van der Waals surface area contributed by atoms with Crippen LogP contribution in [-0.4, -0.2) is 64.3 Å². The Kier molecular flexibility index (Phi) is 4.54. The van der Waals surface area contributed by atoms with Crippen molar-refractivity contribution in [1.29, 1.82) is 0 Å². The van der Waals surface area contributed by atoms with E-state index in [4.69, 9.17) is 10.5 Å². The van der Waals surface area contributed by atoms with E-state index in [2.05, 4.69) is 4.98 Å². The van der Waals surface area contributed by atoms with Gasteiger partial charge in [0, 0.05) is 24.6 Å². The number of aliphatic hydroxyl groups is 1. The maximum Gasteiger partial charge on any atom is 0.257 e. The predicted molar refractivity (Wildman–Crippen MR) is 96.5 cm³/mol. The van der Waals surface area contributed by atoms with E-state index in [0.717, 1.165) is 12.1 Å². The molecule has 0 saturated carbocycles. The van der Waals surface area contributed by atoms with E-state index in [1.54, 1.807) is 24.4 Å². The molecule has 9 heteroatoms. The van der Waals surface area contributed by atoms with Gasteiger partial charge in [-0.3, -0.25) is 9.59 Å². The standard InChI is InChI=1S/C18H21N5O4/c19-15-9-13(3-5-21(15)11-24)22-6-7-27-14-8-12(10-20-17(14)22)18(26)23-4-1-2-16(23)25/h3,5,8-11,15-16,25H,1-2,4,6-7,19H2.